The van der Waals surface area contributed by atoms with Crippen LogP contribution in [0.5, 0.6) is 0 Å². The van der Waals surface area contributed by atoms with Gasteiger partial charge < -0.3 is 10.5 Å². The van der Waals surface area contributed by atoms with Crippen molar-refractivity contribution in [3.05, 3.63) is 21.5 Å². The van der Waals surface area contributed by atoms with E-state index in [1.54, 1.807) is 12.3 Å². The number of esters is 1. The normalized spacial score (nSPS) is 9.50. The number of nitrogens with zero attached hydrogens (tertiary/aromatic N) is 1. The first-order chi connectivity index (χ1) is 5.66. The fourth-order valence-electron chi connectivity index (χ4n) is 0.754. The standard InChI is InChI=1S/C7H7IN2O2/c1-12-7(11)5-4(9)2-3-10-6(5)8/h2-3H,1H3,(H2,9,10). The highest BCUT2D eigenvalue weighted by atomic mass is 127. The average molecular weight is 278 g/mol. The summed E-state index contributed by atoms with van der Waals surface area (Å²) in [5.41, 5.74) is 6.28. The van der Waals surface area contributed by atoms with Crippen LogP contribution in [0.3, 0.4) is 0 Å². The molecule has 0 bridgehead atoms. The van der Waals surface area contributed by atoms with Gasteiger partial charge in [0.25, 0.3) is 0 Å². The number of halogens is 1. The maximum Gasteiger partial charge on any atom is 0.342 e. The predicted molar refractivity (Wildman–Crippen MR) is 52.7 cm³/mol. The smallest absolute Gasteiger partial charge is 0.342 e. The largest absolute Gasteiger partial charge is 0.465 e. The lowest BCUT2D eigenvalue weighted by Crippen LogP contribution is -2.08. The van der Waals surface area contributed by atoms with Crippen LogP contribution in [0.4, 0.5) is 5.69 Å². The summed E-state index contributed by atoms with van der Waals surface area (Å²) in [4.78, 5) is 15.0. The maximum absolute atomic E-state index is 11.1. The lowest BCUT2D eigenvalue weighted by atomic mass is 10.2. The molecule has 0 saturated heterocycles. The number of hydrogen-bond donors (Lipinski definition) is 1. The Kier molecular flexibility index (Phi) is 2.85. The number of pyridine rings is 1. The molecule has 0 aromatic carbocycles. The molecule has 0 fully saturated rings. The van der Waals surface area contributed by atoms with Crippen LogP contribution in [0.1, 0.15) is 10.4 Å². The Hall–Kier alpha value is -0.850. The third-order valence-electron chi connectivity index (χ3n) is 1.33. The Balaban J connectivity index is 3.21. The minimum absolute atomic E-state index is 0.334. The van der Waals surface area contributed by atoms with Gasteiger partial charge in [-0.05, 0) is 28.7 Å². The van der Waals surface area contributed by atoms with Crippen molar-refractivity contribution in [3.63, 3.8) is 0 Å². The molecule has 0 amide bonds. The molecule has 1 aromatic rings. The highest BCUT2D eigenvalue weighted by Crippen LogP contribution is 2.16. The van der Waals surface area contributed by atoms with E-state index in [1.807, 2.05) is 22.6 Å². The summed E-state index contributed by atoms with van der Waals surface area (Å²) in [5, 5.41) is 0. The van der Waals surface area contributed by atoms with E-state index in [0.717, 1.165) is 0 Å². The van der Waals surface area contributed by atoms with Gasteiger partial charge in [-0.2, -0.15) is 0 Å². The van der Waals surface area contributed by atoms with E-state index < -0.39 is 5.97 Å². The molecule has 0 aliphatic heterocycles. The van der Waals surface area contributed by atoms with Crippen LogP contribution in [-0.2, 0) is 4.74 Å². The van der Waals surface area contributed by atoms with Crippen molar-refractivity contribution >= 4 is 34.2 Å². The highest BCUT2D eigenvalue weighted by Gasteiger charge is 2.14. The molecule has 64 valence electrons. The van der Waals surface area contributed by atoms with E-state index in [4.69, 9.17) is 5.73 Å². The third-order valence-corrected chi connectivity index (χ3v) is 2.14. The number of carbonyl (C=O) groups excluding carboxylic acids is 1. The molecular formula is C7H7IN2O2. The molecule has 5 heteroatoms. The number of methoxy groups -OCH3 is 1. The molecule has 0 saturated carbocycles. The summed E-state index contributed by atoms with van der Waals surface area (Å²) in [6.45, 7) is 0. The minimum atomic E-state index is -0.454. The number of anilines is 1. The van der Waals surface area contributed by atoms with Crippen LogP contribution in [0.15, 0.2) is 12.3 Å². The molecule has 0 aliphatic rings. The van der Waals surface area contributed by atoms with Crippen molar-refractivity contribution in [3.8, 4) is 0 Å². The molecule has 0 aliphatic carbocycles. The second kappa shape index (κ2) is 3.70. The van der Waals surface area contributed by atoms with Gasteiger partial charge in [-0.25, -0.2) is 9.78 Å². The molecule has 1 aromatic heterocycles. The Morgan fingerprint density at radius 1 is 1.75 bits per heavy atom. The van der Waals surface area contributed by atoms with Crippen molar-refractivity contribution in [2.45, 2.75) is 0 Å². The summed E-state index contributed by atoms with van der Waals surface area (Å²) >= 11 is 1.93. The average Bonchev–Trinajstić information content (AvgIpc) is 2.03. The van der Waals surface area contributed by atoms with Gasteiger partial charge in [0, 0.05) is 6.20 Å². The third kappa shape index (κ3) is 1.66. The zero-order valence-electron chi connectivity index (χ0n) is 6.37. The van der Waals surface area contributed by atoms with Crippen LogP contribution in [-0.4, -0.2) is 18.1 Å². The number of nitrogens with two attached hydrogens (primary N) is 1. The van der Waals surface area contributed by atoms with Gasteiger partial charge in [0.1, 0.15) is 9.26 Å². The summed E-state index contributed by atoms with van der Waals surface area (Å²) < 4.78 is 5.09. The highest BCUT2D eigenvalue weighted by molar-refractivity contribution is 14.1. The van der Waals surface area contributed by atoms with E-state index >= 15 is 0 Å². The van der Waals surface area contributed by atoms with Gasteiger partial charge >= 0.3 is 5.97 Å². The van der Waals surface area contributed by atoms with Gasteiger partial charge in [0.05, 0.1) is 12.8 Å². The van der Waals surface area contributed by atoms with Crippen molar-refractivity contribution in [1.29, 1.82) is 0 Å². The van der Waals surface area contributed by atoms with Gasteiger partial charge in [-0.3, -0.25) is 0 Å². The zero-order valence-corrected chi connectivity index (χ0v) is 8.53. The van der Waals surface area contributed by atoms with E-state index in [0.29, 0.717) is 15.0 Å². The fraction of sp³-hybridized carbons (Fsp3) is 0.143. The molecular weight excluding hydrogens is 271 g/mol. The predicted octanol–water partition coefficient (Wildman–Crippen LogP) is 1.06. The Morgan fingerprint density at radius 2 is 2.42 bits per heavy atom. The number of hydrogen-bond acceptors (Lipinski definition) is 4. The van der Waals surface area contributed by atoms with E-state index in [1.165, 1.54) is 7.11 Å². The Bertz CT molecular complexity index is 294. The van der Waals surface area contributed by atoms with E-state index in [9.17, 15) is 4.79 Å². The number of carbonyl (C=O) groups is 1. The zero-order chi connectivity index (χ0) is 9.14. The van der Waals surface area contributed by atoms with Gasteiger partial charge in [0.15, 0.2) is 0 Å². The molecule has 0 radical (unpaired) electrons. The fourth-order valence-corrected chi connectivity index (χ4v) is 1.45. The second-order valence-corrected chi connectivity index (χ2v) is 3.08. The first-order valence-corrected chi connectivity index (χ1v) is 4.23. The lowest BCUT2D eigenvalue weighted by Gasteiger charge is -2.03. The van der Waals surface area contributed by atoms with Gasteiger partial charge in [-0.1, -0.05) is 0 Å². The number of rotatable bonds is 1. The van der Waals surface area contributed by atoms with Crippen LogP contribution >= 0.6 is 22.6 Å². The van der Waals surface area contributed by atoms with Crippen molar-refractivity contribution in [2.24, 2.45) is 0 Å². The molecule has 2 N–H and O–H groups in total. The lowest BCUT2D eigenvalue weighted by molar-refractivity contribution is 0.0600. The van der Waals surface area contributed by atoms with Crippen molar-refractivity contribution < 1.29 is 9.53 Å². The van der Waals surface area contributed by atoms with Crippen LogP contribution < -0.4 is 5.73 Å². The number of ether oxygens (including phenoxy) is 1. The quantitative estimate of drug-likeness (QED) is 0.474. The van der Waals surface area contributed by atoms with Crippen LogP contribution in [0.2, 0.25) is 0 Å². The summed E-state index contributed by atoms with van der Waals surface area (Å²) in [6.07, 6.45) is 1.55. The SMILES string of the molecule is COC(=O)c1c(N)ccnc1I. The first-order valence-electron chi connectivity index (χ1n) is 3.15. The molecule has 0 spiro atoms. The summed E-state index contributed by atoms with van der Waals surface area (Å²) in [6, 6.07) is 1.56. The van der Waals surface area contributed by atoms with Crippen LogP contribution in [0, 0.1) is 3.70 Å². The number of nitrogen functional groups attached to an aromatic ring is 1. The van der Waals surface area contributed by atoms with E-state index in [2.05, 4.69) is 9.72 Å². The molecule has 12 heavy (non-hydrogen) atoms. The second-order valence-electron chi connectivity index (χ2n) is 2.06. The molecule has 1 rings (SSSR count). The Morgan fingerprint density at radius 3 is 2.92 bits per heavy atom. The summed E-state index contributed by atoms with van der Waals surface area (Å²) in [7, 11) is 1.31. The minimum Gasteiger partial charge on any atom is -0.465 e. The first kappa shape index (κ1) is 9.24. The monoisotopic (exact) mass is 278 g/mol. The van der Waals surface area contributed by atoms with E-state index in [-0.39, 0.29) is 0 Å². The number of aromatic nitrogens is 1. The molecule has 4 nitrogen and oxygen atoms in total. The van der Waals surface area contributed by atoms with Gasteiger partial charge in [0.2, 0.25) is 0 Å². The molecule has 0 atom stereocenters. The van der Waals surface area contributed by atoms with Crippen LogP contribution in [0.25, 0.3) is 0 Å². The van der Waals surface area contributed by atoms with Gasteiger partial charge in [-0.15, -0.1) is 0 Å². The maximum atomic E-state index is 11.1. The van der Waals surface area contributed by atoms with Crippen molar-refractivity contribution in [1.82, 2.24) is 4.98 Å². The topological polar surface area (TPSA) is 65.2 Å². The Labute approximate surface area is 83.3 Å². The molecule has 1 heterocycles. The van der Waals surface area contributed by atoms with Crippen molar-refractivity contribution in [2.75, 3.05) is 12.8 Å². The molecule has 0 unspecified atom stereocenters. The summed E-state index contributed by atoms with van der Waals surface area (Å²) in [5.74, 6) is -0.454.